The Bertz CT molecular complexity index is 595. The van der Waals surface area contributed by atoms with Crippen LogP contribution in [0.2, 0.25) is 5.02 Å². The third kappa shape index (κ3) is 3.64. The highest BCUT2D eigenvalue weighted by Gasteiger charge is 2.39. The van der Waals surface area contributed by atoms with E-state index in [1.54, 1.807) is 19.2 Å². The van der Waals surface area contributed by atoms with E-state index in [1.165, 1.54) is 12.8 Å². The molecule has 5 heteroatoms. The summed E-state index contributed by atoms with van der Waals surface area (Å²) in [5, 5.41) is 0.438. The van der Waals surface area contributed by atoms with E-state index in [9.17, 15) is 4.79 Å². The molecule has 2 saturated carbocycles. The number of carbonyl (C=O) groups excluding carboxylic acids is 1. The van der Waals surface area contributed by atoms with Crippen molar-refractivity contribution in [3.63, 3.8) is 0 Å². The molecule has 0 spiro atoms. The van der Waals surface area contributed by atoms with Crippen LogP contribution in [0.25, 0.3) is 0 Å². The Kier molecular flexibility index (Phi) is 5.54. The lowest BCUT2D eigenvalue weighted by atomic mass is 10.1. The van der Waals surface area contributed by atoms with E-state index in [0.717, 1.165) is 32.1 Å². The van der Waals surface area contributed by atoms with Crippen molar-refractivity contribution in [1.82, 2.24) is 4.90 Å². The molecule has 0 radical (unpaired) electrons. The third-order valence-electron chi connectivity index (χ3n) is 4.82. The van der Waals surface area contributed by atoms with Gasteiger partial charge in [-0.05, 0) is 44.2 Å². The van der Waals surface area contributed by atoms with Crippen LogP contribution < -0.4 is 9.47 Å². The van der Waals surface area contributed by atoms with E-state index >= 15 is 0 Å². The number of methoxy groups -OCH3 is 1. The molecule has 1 aromatic carbocycles. The van der Waals surface area contributed by atoms with Crippen LogP contribution in [-0.2, 0) is 0 Å². The molecule has 24 heavy (non-hydrogen) atoms. The highest BCUT2D eigenvalue weighted by molar-refractivity contribution is 6.32. The molecule has 2 aliphatic carbocycles. The van der Waals surface area contributed by atoms with Crippen LogP contribution >= 0.6 is 11.6 Å². The molecule has 2 aliphatic rings. The topological polar surface area (TPSA) is 38.8 Å². The largest absolute Gasteiger partial charge is 0.493 e. The molecule has 2 fully saturated rings. The molecule has 0 atom stereocenters. The maximum absolute atomic E-state index is 13.1. The summed E-state index contributed by atoms with van der Waals surface area (Å²) in [4.78, 5) is 15.2. The monoisotopic (exact) mass is 351 g/mol. The molecule has 0 aliphatic heterocycles. The molecule has 0 heterocycles. The fourth-order valence-corrected chi connectivity index (χ4v) is 3.77. The lowest BCUT2D eigenvalue weighted by Gasteiger charge is -2.29. The first kappa shape index (κ1) is 17.4. The van der Waals surface area contributed by atoms with Crippen molar-refractivity contribution < 1.29 is 14.3 Å². The predicted molar refractivity (Wildman–Crippen MR) is 95.2 cm³/mol. The minimum atomic E-state index is 0.0756. The maximum Gasteiger partial charge on any atom is 0.254 e. The summed E-state index contributed by atoms with van der Waals surface area (Å²) < 4.78 is 11.1. The number of halogens is 1. The summed E-state index contributed by atoms with van der Waals surface area (Å²) in [5.41, 5.74) is 0.597. The van der Waals surface area contributed by atoms with Crippen molar-refractivity contribution in [2.75, 3.05) is 13.7 Å². The van der Waals surface area contributed by atoms with E-state index in [4.69, 9.17) is 21.1 Å². The fourth-order valence-electron chi connectivity index (χ4n) is 3.50. The lowest BCUT2D eigenvalue weighted by Crippen LogP contribution is -2.40. The van der Waals surface area contributed by atoms with Crippen LogP contribution in [0, 0.1) is 0 Å². The number of hydrogen-bond donors (Lipinski definition) is 0. The molecule has 4 nitrogen and oxygen atoms in total. The third-order valence-corrected chi connectivity index (χ3v) is 5.10. The molecule has 0 saturated heterocycles. The van der Waals surface area contributed by atoms with Gasteiger partial charge in [0.1, 0.15) is 0 Å². The quantitative estimate of drug-likeness (QED) is 0.715. The van der Waals surface area contributed by atoms with Crippen LogP contribution in [0.15, 0.2) is 12.1 Å². The van der Waals surface area contributed by atoms with Gasteiger partial charge in [-0.25, -0.2) is 0 Å². The second-order valence-electron chi connectivity index (χ2n) is 6.72. The number of ether oxygens (including phenoxy) is 2. The number of benzene rings is 1. The Morgan fingerprint density at radius 2 is 1.88 bits per heavy atom. The van der Waals surface area contributed by atoms with Crippen LogP contribution in [0.4, 0.5) is 0 Å². The molecule has 0 bridgehead atoms. The van der Waals surface area contributed by atoms with Gasteiger partial charge < -0.3 is 14.4 Å². The summed E-state index contributed by atoms with van der Waals surface area (Å²) >= 11 is 6.38. The number of amides is 1. The van der Waals surface area contributed by atoms with Gasteiger partial charge in [-0.1, -0.05) is 31.4 Å². The Morgan fingerprint density at radius 3 is 2.46 bits per heavy atom. The molecule has 1 aromatic rings. The summed E-state index contributed by atoms with van der Waals surface area (Å²) in [6.45, 7) is 2.60. The summed E-state index contributed by atoms with van der Waals surface area (Å²) in [7, 11) is 1.58. The SMILES string of the molecule is CCCOc1c(Cl)cc(C(=O)N(C2CCCC2)C2CC2)cc1OC. The van der Waals surface area contributed by atoms with E-state index < -0.39 is 0 Å². The highest BCUT2D eigenvalue weighted by Crippen LogP contribution is 2.39. The molecule has 0 unspecified atom stereocenters. The molecule has 0 aromatic heterocycles. The predicted octanol–water partition coefficient (Wildman–Crippen LogP) is 4.68. The number of carbonyl (C=O) groups is 1. The van der Waals surface area contributed by atoms with Crippen molar-refractivity contribution in [3.05, 3.63) is 22.7 Å². The number of nitrogens with zero attached hydrogens (tertiary/aromatic N) is 1. The smallest absolute Gasteiger partial charge is 0.254 e. The van der Waals surface area contributed by atoms with Crippen LogP contribution in [0.1, 0.15) is 62.2 Å². The van der Waals surface area contributed by atoms with Gasteiger partial charge in [0.05, 0.1) is 18.7 Å². The first-order valence-electron chi connectivity index (χ1n) is 8.98. The maximum atomic E-state index is 13.1. The minimum absolute atomic E-state index is 0.0756. The second-order valence-corrected chi connectivity index (χ2v) is 7.13. The lowest BCUT2D eigenvalue weighted by molar-refractivity contribution is 0.0664. The normalized spacial score (nSPS) is 17.8. The van der Waals surface area contributed by atoms with Gasteiger partial charge in [0.2, 0.25) is 0 Å². The van der Waals surface area contributed by atoms with Gasteiger partial charge in [-0.3, -0.25) is 4.79 Å². The van der Waals surface area contributed by atoms with Crippen LogP contribution in [0.5, 0.6) is 11.5 Å². The zero-order chi connectivity index (χ0) is 17.1. The second kappa shape index (κ2) is 7.64. The van der Waals surface area contributed by atoms with Gasteiger partial charge in [0.25, 0.3) is 5.91 Å². The van der Waals surface area contributed by atoms with Gasteiger partial charge in [0.15, 0.2) is 11.5 Å². The van der Waals surface area contributed by atoms with E-state index in [-0.39, 0.29) is 5.91 Å². The molecule has 3 rings (SSSR count). The highest BCUT2D eigenvalue weighted by atomic mass is 35.5. The standard InChI is InChI=1S/C19H26ClNO3/c1-3-10-24-18-16(20)11-13(12-17(18)23-2)19(22)21(15-8-9-15)14-6-4-5-7-14/h11-12,14-15H,3-10H2,1-2H3. The Labute approximate surface area is 149 Å². The zero-order valence-corrected chi connectivity index (χ0v) is 15.3. The van der Waals surface area contributed by atoms with Crippen molar-refractivity contribution in [2.24, 2.45) is 0 Å². The van der Waals surface area contributed by atoms with Crippen molar-refractivity contribution in [3.8, 4) is 11.5 Å². The summed E-state index contributed by atoms with van der Waals surface area (Å²) in [5.74, 6) is 1.13. The summed E-state index contributed by atoms with van der Waals surface area (Å²) in [6, 6.07) is 4.28. The Hall–Kier alpha value is -1.42. The van der Waals surface area contributed by atoms with Crippen molar-refractivity contribution in [2.45, 2.75) is 64.0 Å². The Morgan fingerprint density at radius 1 is 1.21 bits per heavy atom. The number of hydrogen-bond acceptors (Lipinski definition) is 3. The van der Waals surface area contributed by atoms with E-state index in [2.05, 4.69) is 4.90 Å². The summed E-state index contributed by atoms with van der Waals surface area (Å²) in [6.07, 6.45) is 7.78. The van der Waals surface area contributed by atoms with Crippen LogP contribution in [-0.4, -0.2) is 36.6 Å². The first-order valence-corrected chi connectivity index (χ1v) is 9.36. The van der Waals surface area contributed by atoms with Gasteiger partial charge in [-0.2, -0.15) is 0 Å². The van der Waals surface area contributed by atoms with Gasteiger partial charge in [-0.15, -0.1) is 0 Å². The van der Waals surface area contributed by atoms with Gasteiger partial charge >= 0.3 is 0 Å². The van der Waals surface area contributed by atoms with Gasteiger partial charge in [0, 0.05) is 17.6 Å². The first-order chi connectivity index (χ1) is 11.7. The molecular weight excluding hydrogens is 326 g/mol. The van der Waals surface area contributed by atoms with E-state index in [0.29, 0.717) is 40.8 Å². The molecule has 132 valence electrons. The van der Waals surface area contributed by atoms with Crippen molar-refractivity contribution in [1.29, 1.82) is 0 Å². The molecule has 1 amide bonds. The average Bonchev–Trinajstić information content (AvgIpc) is 3.27. The molecule has 0 N–H and O–H groups in total. The Balaban J connectivity index is 1.86. The van der Waals surface area contributed by atoms with Crippen LogP contribution in [0.3, 0.4) is 0 Å². The average molecular weight is 352 g/mol. The van der Waals surface area contributed by atoms with Crippen molar-refractivity contribution >= 4 is 17.5 Å². The fraction of sp³-hybridized carbons (Fsp3) is 0.632. The zero-order valence-electron chi connectivity index (χ0n) is 14.5. The number of rotatable bonds is 7. The van der Waals surface area contributed by atoms with E-state index in [1.807, 2.05) is 6.92 Å². The molecular formula is C19H26ClNO3. The minimum Gasteiger partial charge on any atom is -0.493 e.